The molecule has 0 saturated heterocycles. The summed E-state index contributed by atoms with van der Waals surface area (Å²) in [6.45, 7) is 9.83. The number of methoxy groups -OCH3 is 1. The molecule has 0 fully saturated rings. The topological polar surface area (TPSA) is 75.7 Å². The Morgan fingerprint density at radius 2 is 1.72 bits per heavy atom. The number of carbonyl (C=O) groups is 1. The first kappa shape index (κ1) is 26.0. The van der Waals surface area contributed by atoms with Crippen molar-refractivity contribution in [1.82, 2.24) is 5.32 Å². The molecule has 0 aliphatic rings. The largest absolute Gasteiger partial charge is 0.496 e. The molecule has 0 spiro atoms. The first-order chi connectivity index (χ1) is 14.9. The van der Waals surface area contributed by atoms with Crippen LogP contribution in [0.4, 0.5) is 5.69 Å². The van der Waals surface area contributed by atoms with Crippen molar-refractivity contribution in [3.8, 4) is 5.75 Å². The van der Waals surface area contributed by atoms with Gasteiger partial charge >= 0.3 is 0 Å². The second-order valence-corrected chi connectivity index (χ2v) is 10.6. The molecule has 1 amide bonds. The minimum atomic E-state index is -3.71. The molecule has 0 saturated carbocycles. The van der Waals surface area contributed by atoms with Gasteiger partial charge in [-0.15, -0.1) is 0 Å². The van der Waals surface area contributed by atoms with Crippen molar-refractivity contribution in [2.75, 3.05) is 17.7 Å². The average molecular weight is 481 g/mol. The lowest BCUT2D eigenvalue weighted by molar-refractivity contribution is -0.122. The second kappa shape index (κ2) is 10.6. The zero-order chi connectivity index (χ0) is 24.2. The lowest BCUT2D eigenvalue weighted by Crippen LogP contribution is -2.49. The molecule has 176 valence electrons. The van der Waals surface area contributed by atoms with E-state index in [4.69, 9.17) is 16.3 Å². The monoisotopic (exact) mass is 480 g/mol. The molecule has 0 radical (unpaired) electrons. The fourth-order valence-corrected chi connectivity index (χ4v) is 5.18. The van der Waals surface area contributed by atoms with Gasteiger partial charge in [0.15, 0.2) is 0 Å². The highest BCUT2D eigenvalue weighted by molar-refractivity contribution is 7.92. The summed E-state index contributed by atoms with van der Waals surface area (Å²) in [5, 5.41) is 3.50. The van der Waals surface area contributed by atoms with Crippen molar-refractivity contribution >= 4 is 33.2 Å². The zero-order valence-corrected chi connectivity index (χ0v) is 21.3. The van der Waals surface area contributed by atoms with Crippen LogP contribution in [0.15, 0.2) is 36.4 Å². The van der Waals surface area contributed by atoms with Crippen LogP contribution in [-0.4, -0.2) is 33.7 Å². The number of carbonyl (C=O) groups excluding carboxylic acids is 1. The summed E-state index contributed by atoms with van der Waals surface area (Å²) in [6, 6.07) is 9.24. The first-order valence-electron chi connectivity index (χ1n) is 10.6. The zero-order valence-electron chi connectivity index (χ0n) is 19.8. The van der Waals surface area contributed by atoms with Crippen LogP contribution >= 0.6 is 11.6 Å². The van der Waals surface area contributed by atoms with Gasteiger partial charge in [-0.25, -0.2) is 8.42 Å². The quantitative estimate of drug-likeness (QED) is 0.535. The molecule has 0 aliphatic carbocycles. The van der Waals surface area contributed by atoms with Crippen molar-refractivity contribution in [3.05, 3.63) is 58.1 Å². The Labute approximate surface area is 197 Å². The summed E-state index contributed by atoms with van der Waals surface area (Å²) >= 11 is 5.96. The minimum absolute atomic E-state index is 0.251. The van der Waals surface area contributed by atoms with Crippen molar-refractivity contribution in [3.63, 3.8) is 0 Å². The molecular weight excluding hydrogens is 448 g/mol. The maximum atomic E-state index is 13.3. The van der Waals surface area contributed by atoms with E-state index in [0.29, 0.717) is 17.1 Å². The number of nitrogens with zero attached hydrogens (tertiary/aromatic N) is 1. The molecule has 1 N–H and O–H groups in total. The van der Waals surface area contributed by atoms with Crippen molar-refractivity contribution in [2.24, 2.45) is 0 Å². The van der Waals surface area contributed by atoms with Gasteiger partial charge in [-0.05, 0) is 79.3 Å². The molecule has 0 unspecified atom stereocenters. The number of benzene rings is 2. The maximum absolute atomic E-state index is 13.3. The first-order valence-corrected chi connectivity index (χ1v) is 12.9. The molecule has 8 heteroatoms. The molecule has 0 aromatic heterocycles. The number of nitrogens with one attached hydrogen (secondary N) is 1. The fourth-order valence-electron chi connectivity index (χ4n) is 3.85. The van der Waals surface area contributed by atoms with Crippen LogP contribution in [0.25, 0.3) is 0 Å². The van der Waals surface area contributed by atoms with Gasteiger partial charge in [-0.1, -0.05) is 32.4 Å². The fraction of sp³-hybridized carbons (Fsp3) is 0.458. The Bertz CT molecular complexity index is 1050. The molecule has 0 bridgehead atoms. The summed E-state index contributed by atoms with van der Waals surface area (Å²) in [5.41, 5.74) is 3.41. The highest BCUT2D eigenvalue weighted by atomic mass is 35.5. The minimum Gasteiger partial charge on any atom is -0.496 e. The van der Waals surface area contributed by atoms with Crippen LogP contribution in [-0.2, 0) is 14.8 Å². The van der Waals surface area contributed by atoms with E-state index in [-0.39, 0.29) is 17.9 Å². The lowest BCUT2D eigenvalue weighted by atomic mass is 9.93. The Balaban J connectivity index is 2.38. The van der Waals surface area contributed by atoms with Crippen LogP contribution in [0, 0.1) is 6.92 Å². The molecular formula is C24H33ClN2O4S. The summed E-state index contributed by atoms with van der Waals surface area (Å²) in [7, 11) is -2.06. The van der Waals surface area contributed by atoms with Gasteiger partial charge in [0.05, 0.1) is 25.1 Å². The van der Waals surface area contributed by atoms with Crippen molar-refractivity contribution < 1.29 is 17.9 Å². The molecule has 6 nitrogen and oxygen atoms in total. The van der Waals surface area contributed by atoms with Gasteiger partial charge in [0.25, 0.3) is 0 Å². The standard InChI is InChI=1S/C24H33ClN2O4S/c1-8-22(27(32(7,29)30)19-11-9-18(25)10-12-19)24(28)26-17(5)21-14-20(15(2)3)23(31-6)13-16(21)4/h9-15,17,22H,8H2,1-7H3,(H,26,28)/t17-,22+/m1/s1. The smallest absolute Gasteiger partial charge is 0.244 e. The predicted octanol–water partition coefficient (Wildman–Crippen LogP) is 5.20. The van der Waals surface area contributed by atoms with E-state index >= 15 is 0 Å². The summed E-state index contributed by atoms with van der Waals surface area (Å²) in [5.74, 6) is 0.708. The number of hydrogen-bond donors (Lipinski definition) is 1. The van der Waals surface area contributed by atoms with Crippen LogP contribution in [0.2, 0.25) is 5.02 Å². The second-order valence-electron chi connectivity index (χ2n) is 8.30. The van der Waals surface area contributed by atoms with E-state index in [1.54, 1.807) is 38.3 Å². The van der Waals surface area contributed by atoms with Crippen LogP contribution < -0.4 is 14.4 Å². The number of sulfonamides is 1. The van der Waals surface area contributed by atoms with Gasteiger partial charge in [-0.2, -0.15) is 0 Å². The normalized spacial score (nSPS) is 13.5. The van der Waals surface area contributed by atoms with Crippen LogP contribution in [0.1, 0.15) is 62.8 Å². The van der Waals surface area contributed by atoms with E-state index in [9.17, 15) is 13.2 Å². The Morgan fingerprint density at radius 1 is 1.12 bits per heavy atom. The number of aryl methyl sites for hydroxylation is 1. The molecule has 2 aromatic rings. The molecule has 2 atom stereocenters. The SMILES string of the molecule is CC[C@@H](C(=O)N[C@H](C)c1cc(C(C)C)c(OC)cc1C)N(c1ccc(Cl)cc1)S(C)(=O)=O. The third-order valence-corrected chi connectivity index (χ3v) is 6.91. The third kappa shape index (κ3) is 5.95. The van der Waals surface area contributed by atoms with Crippen LogP contribution in [0.3, 0.4) is 0 Å². The molecule has 0 heterocycles. The van der Waals surface area contributed by atoms with Gasteiger partial charge < -0.3 is 10.1 Å². The van der Waals surface area contributed by atoms with E-state index < -0.39 is 16.1 Å². The van der Waals surface area contributed by atoms with E-state index in [1.807, 2.05) is 19.9 Å². The van der Waals surface area contributed by atoms with Crippen molar-refractivity contribution in [2.45, 2.75) is 59.0 Å². The van der Waals surface area contributed by atoms with Crippen LogP contribution in [0.5, 0.6) is 5.75 Å². The predicted molar refractivity (Wildman–Crippen MR) is 131 cm³/mol. The molecule has 32 heavy (non-hydrogen) atoms. The number of anilines is 1. The number of hydrogen-bond acceptors (Lipinski definition) is 4. The highest BCUT2D eigenvalue weighted by Crippen LogP contribution is 2.32. The van der Waals surface area contributed by atoms with Gasteiger partial charge in [0.1, 0.15) is 11.8 Å². The number of halogens is 1. The van der Waals surface area contributed by atoms with Gasteiger partial charge in [0, 0.05) is 5.02 Å². The van der Waals surface area contributed by atoms with Gasteiger partial charge in [-0.3, -0.25) is 9.10 Å². The maximum Gasteiger partial charge on any atom is 0.244 e. The Kier molecular flexibility index (Phi) is 8.60. The van der Waals surface area contributed by atoms with Gasteiger partial charge in [0.2, 0.25) is 15.9 Å². The third-order valence-electron chi connectivity index (χ3n) is 5.48. The number of ether oxygens (including phenoxy) is 1. The van der Waals surface area contributed by atoms with E-state index in [1.165, 1.54) is 0 Å². The summed E-state index contributed by atoms with van der Waals surface area (Å²) in [6.07, 6.45) is 1.41. The number of rotatable bonds is 9. The summed E-state index contributed by atoms with van der Waals surface area (Å²) in [4.78, 5) is 13.3. The van der Waals surface area contributed by atoms with E-state index in [0.717, 1.165) is 33.0 Å². The number of amides is 1. The molecule has 0 aliphatic heterocycles. The average Bonchev–Trinajstić information content (AvgIpc) is 2.71. The van der Waals surface area contributed by atoms with E-state index in [2.05, 4.69) is 25.2 Å². The Hall–Kier alpha value is -2.25. The molecule has 2 rings (SSSR count). The summed E-state index contributed by atoms with van der Waals surface area (Å²) < 4.78 is 31.9. The molecule has 2 aromatic carbocycles. The Morgan fingerprint density at radius 3 is 2.19 bits per heavy atom. The van der Waals surface area contributed by atoms with Crippen molar-refractivity contribution in [1.29, 1.82) is 0 Å². The lowest BCUT2D eigenvalue weighted by Gasteiger charge is -2.31. The highest BCUT2D eigenvalue weighted by Gasteiger charge is 2.32.